The van der Waals surface area contributed by atoms with Gasteiger partial charge in [-0.25, -0.2) is 0 Å². The molecule has 0 saturated heterocycles. The van der Waals surface area contributed by atoms with Gasteiger partial charge in [0.1, 0.15) is 0 Å². The molecule has 3 aromatic heterocycles. The van der Waals surface area contributed by atoms with E-state index in [1.807, 2.05) is 42.7 Å². The van der Waals surface area contributed by atoms with Crippen molar-refractivity contribution in [3.8, 4) is 33.6 Å². The largest absolute Gasteiger partial charge is 0 e. The molecule has 3 nitrogen and oxygen atoms in total. The van der Waals surface area contributed by atoms with Crippen molar-refractivity contribution in [3.05, 3.63) is 127 Å². The quantitative estimate of drug-likeness (QED) is 0.131. The number of fused-ring (bicyclic) bond motifs is 7. The molecule has 0 saturated carbocycles. The first-order valence-electron chi connectivity index (χ1n) is 15.9. The summed E-state index contributed by atoms with van der Waals surface area (Å²) in [6, 6.07) is 38.6. The zero-order valence-electron chi connectivity index (χ0n) is 28.0. The summed E-state index contributed by atoms with van der Waals surface area (Å²) < 4.78 is 11.1. The van der Waals surface area contributed by atoms with E-state index in [2.05, 4.69) is 125 Å². The maximum Gasteiger partial charge on any atom is 0 e. The molecule has 1 aliphatic heterocycles. The number of aryl methyl sites for hydroxylation is 2. The van der Waals surface area contributed by atoms with Crippen molar-refractivity contribution in [2.24, 2.45) is 0 Å². The zero-order valence-corrected chi connectivity index (χ0v) is 34.5. The predicted molar refractivity (Wildman–Crippen MR) is 199 cm³/mol. The number of hydrogen-bond donors (Lipinski definition) is 0. The normalized spacial score (nSPS) is 13.0. The maximum absolute atomic E-state index is 6.69. The van der Waals surface area contributed by atoms with Crippen molar-refractivity contribution in [2.45, 2.75) is 42.6 Å². The van der Waals surface area contributed by atoms with Gasteiger partial charge in [0.2, 0.25) is 0 Å². The molecule has 0 bridgehead atoms. The van der Waals surface area contributed by atoms with Gasteiger partial charge in [-0.05, 0) is 0 Å². The maximum atomic E-state index is 6.69. The Hall–Kier alpha value is -3.28. The fraction of sp³-hybridized carbons (Fsp3) is 0.171. The molecule has 1 radical (unpaired) electrons. The summed E-state index contributed by atoms with van der Waals surface area (Å²) >= 11 is -4.16. The molecule has 47 heavy (non-hydrogen) atoms. The Bertz CT molecular complexity index is 2230. The van der Waals surface area contributed by atoms with Crippen molar-refractivity contribution in [1.29, 1.82) is 0 Å². The third-order valence-electron chi connectivity index (χ3n) is 9.36. The minimum Gasteiger partial charge on any atom is 0 e. The first-order valence-corrected chi connectivity index (χ1v) is 29.6. The molecule has 0 N–H and O–H groups in total. The summed E-state index contributed by atoms with van der Waals surface area (Å²) in [5, 5.41) is 2.35. The first kappa shape index (κ1) is 33.6. The van der Waals surface area contributed by atoms with Crippen LogP contribution in [-0.2, 0) is 20.1 Å². The Morgan fingerprint density at radius 3 is 2.13 bits per heavy atom. The van der Waals surface area contributed by atoms with Gasteiger partial charge in [0.25, 0.3) is 0 Å². The number of pyridine rings is 2. The van der Waals surface area contributed by atoms with Crippen LogP contribution < -0.4 is 13.2 Å². The van der Waals surface area contributed by atoms with Gasteiger partial charge in [-0.1, -0.05) is 0 Å². The summed E-state index contributed by atoms with van der Waals surface area (Å²) in [6.07, 6.45) is 3.98. The SMILES string of the molecule is Cc1cnc(-c2[c-]ccc3c2oc2[c]4c(ccc23)-c2cccc[c]2[Ge]4([CH3])[CH3])cc1C.[CH3][Ge]([CH3])([CH3])[c]1ccc(-c2[c-]cccc2)nc1.[Ir]. The van der Waals surface area contributed by atoms with Gasteiger partial charge < -0.3 is 0 Å². The van der Waals surface area contributed by atoms with Crippen molar-refractivity contribution in [1.82, 2.24) is 9.97 Å². The molecular weight excluding hydrogens is 874 g/mol. The van der Waals surface area contributed by atoms with Crippen LogP contribution in [0, 0.1) is 26.0 Å². The fourth-order valence-corrected chi connectivity index (χ4v) is 15.7. The van der Waals surface area contributed by atoms with Gasteiger partial charge in [0.15, 0.2) is 0 Å². The van der Waals surface area contributed by atoms with Crippen LogP contribution in [0.15, 0.2) is 108 Å². The number of rotatable bonds is 3. The third-order valence-corrected chi connectivity index (χ3v) is 21.0. The second kappa shape index (κ2) is 13.0. The van der Waals surface area contributed by atoms with Crippen LogP contribution in [0.25, 0.3) is 55.6 Å². The van der Waals surface area contributed by atoms with E-state index in [-0.39, 0.29) is 20.1 Å². The molecule has 7 aromatic rings. The molecule has 0 aliphatic carbocycles. The van der Waals surface area contributed by atoms with Gasteiger partial charge in [0.05, 0.1) is 0 Å². The smallest absolute Gasteiger partial charge is 0 e. The first-order chi connectivity index (χ1) is 22.0. The second-order valence-electron chi connectivity index (χ2n) is 13.8. The minimum atomic E-state index is -2.45. The van der Waals surface area contributed by atoms with E-state index < -0.39 is 26.5 Å². The van der Waals surface area contributed by atoms with Crippen LogP contribution in [0.5, 0.6) is 0 Å². The zero-order chi connectivity index (χ0) is 32.2. The second-order valence-corrected chi connectivity index (χ2v) is 33.5. The molecule has 0 unspecified atom stereocenters. The topological polar surface area (TPSA) is 38.9 Å². The van der Waals surface area contributed by atoms with Gasteiger partial charge in [-0.15, -0.1) is 0 Å². The summed E-state index contributed by atoms with van der Waals surface area (Å²) in [5.41, 5.74) is 11.1. The molecule has 0 spiro atoms. The van der Waals surface area contributed by atoms with Crippen molar-refractivity contribution < 1.29 is 24.5 Å². The van der Waals surface area contributed by atoms with Gasteiger partial charge >= 0.3 is 279 Å². The monoisotopic (exact) mass is 915 g/mol. The van der Waals surface area contributed by atoms with Gasteiger partial charge in [-0.2, -0.15) is 0 Å². The Morgan fingerprint density at radius 2 is 1.43 bits per heavy atom. The molecule has 0 fully saturated rings. The van der Waals surface area contributed by atoms with E-state index in [1.165, 1.54) is 36.4 Å². The standard InChI is InChI=1S/C27H22GeNO.C14H16GeN.Ir/c1-16-14-24(29-15-17(16)2)22-10-7-9-20-21-13-12-19-18-8-5-6-11-23(18)28(3,4)25(19)27(21)30-26(20)22;1-15(2,3)13-9-10-14(16-11-13)12-7-5-4-6-8-12;/h5-9,11-15H,1-4H3;4-7,9-11H,1-3H3;/q2*-1;. The van der Waals surface area contributed by atoms with Crippen LogP contribution in [-0.4, -0.2) is 36.5 Å². The third kappa shape index (κ3) is 6.10. The number of benzene rings is 4. The predicted octanol–water partition coefficient (Wildman–Crippen LogP) is 8.96. The molecular formula is C41H38Ge2IrN2O-2. The van der Waals surface area contributed by atoms with Crippen LogP contribution in [0.1, 0.15) is 11.1 Å². The fourth-order valence-electron chi connectivity index (χ4n) is 6.55. The molecule has 4 aromatic carbocycles. The Morgan fingerprint density at radius 1 is 0.681 bits per heavy atom. The van der Waals surface area contributed by atoms with Crippen LogP contribution >= 0.6 is 0 Å². The van der Waals surface area contributed by atoms with E-state index in [1.54, 1.807) is 4.40 Å². The van der Waals surface area contributed by atoms with E-state index >= 15 is 0 Å². The van der Waals surface area contributed by atoms with E-state index in [0.29, 0.717) is 0 Å². The Labute approximate surface area is 296 Å². The summed E-state index contributed by atoms with van der Waals surface area (Å²) in [4.78, 5) is 9.21. The number of nitrogens with zero attached hydrogens (tertiary/aromatic N) is 2. The van der Waals surface area contributed by atoms with Gasteiger partial charge in [-0.3, -0.25) is 0 Å². The molecule has 6 heteroatoms. The molecule has 0 atom stereocenters. The summed E-state index contributed by atoms with van der Waals surface area (Å²) in [6.45, 7) is 4.21. The molecule has 237 valence electrons. The summed E-state index contributed by atoms with van der Waals surface area (Å²) in [7, 11) is 0. The van der Waals surface area contributed by atoms with Crippen molar-refractivity contribution >= 4 is 61.7 Å². The molecule has 1 aliphatic rings. The van der Waals surface area contributed by atoms with Crippen LogP contribution in [0.4, 0.5) is 0 Å². The summed E-state index contributed by atoms with van der Waals surface area (Å²) in [5.74, 6) is 12.1. The van der Waals surface area contributed by atoms with Crippen molar-refractivity contribution in [3.63, 3.8) is 0 Å². The number of aromatic nitrogens is 2. The Kier molecular flexibility index (Phi) is 9.27. The van der Waals surface area contributed by atoms with Crippen LogP contribution in [0.2, 0.25) is 28.8 Å². The van der Waals surface area contributed by atoms with Gasteiger partial charge in [0, 0.05) is 20.1 Å². The number of furan rings is 1. The molecule has 8 rings (SSSR count). The molecule has 4 heterocycles. The minimum absolute atomic E-state index is 0. The average Bonchev–Trinajstić information content (AvgIpc) is 3.55. The van der Waals surface area contributed by atoms with E-state index in [4.69, 9.17) is 4.42 Å². The average molecular weight is 912 g/mol. The van der Waals surface area contributed by atoms with Crippen LogP contribution in [0.3, 0.4) is 0 Å². The Balaban J connectivity index is 0.000000194. The van der Waals surface area contributed by atoms with E-state index in [0.717, 1.165) is 39.1 Å². The molecule has 0 amide bonds. The number of hydrogen-bond acceptors (Lipinski definition) is 3. The van der Waals surface area contributed by atoms with Crippen molar-refractivity contribution in [2.75, 3.05) is 0 Å². The van der Waals surface area contributed by atoms with E-state index in [9.17, 15) is 0 Å².